The second-order valence-electron chi connectivity index (χ2n) is 3.90. The van der Waals surface area contributed by atoms with Gasteiger partial charge in [-0.05, 0) is 24.6 Å². The van der Waals surface area contributed by atoms with Crippen LogP contribution in [0.5, 0.6) is 0 Å². The molecular weight excluding hydrogens is 218 g/mol. The van der Waals surface area contributed by atoms with Gasteiger partial charge in [-0.2, -0.15) is 5.10 Å². The highest BCUT2D eigenvalue weighted by atomic mass is 16.7. The van der Waals surface area contributed by atoms with E-state index in [1.165, 1.54) is 0 Å². The second kappa shape index (κ2) is 4.27. The summed E-state index contributed by atoms with van der Waals surface area (Å²) in [5.41, 5.74) is 1.86. The maximum Gasteiger partial charge on any atom is 0.201 e. The van der Waals surface area contributed by atoms with Crippen molar-refractivity contribution in [3.05, 3.63) is 41.9 Å². The highest BCUT2D eigenvalue weighted by molar-refractivity contribution is 5.33. The number of pyridine rings is 1. The summed E-state index contributed by atoms with van der Waals surface area (Å²) in [6.45, 7) is 3.25. The second-order valence-corrected chi connectivity index (χ2v) is 3.90. The number of hydrogen-bond donors (Lipinski definition) is 0. The SMILES string of the molecule is Cc1ccc(C2OCCO2)nc1-n1cccn1. The molecule has 1 fully saturated rings. The molecule has 0 saturated carbocycles. The lowest BCUT2D eigenvalue weighted by atomic mass is 10.2. The van der Waals surface area contributed by atoms with Gasteiger partial charge in [0.05, 0.1) is 18.9 Å². The third-order valence-corrected chi connectivity index (χ3v) is 2.68. The smallest absolute Gasteiger partial charge is 0.201 e. The number of ether oxygens (including phenoxy) is 2. The number of nitrogens with zero attached hydrogens (tertiary/aromatic N) is 3. The van der Waals surface area contributed by atoms with Crippen molar-refractivity contribution in [1.82, 2.24) is 14.8 Å². The van der Waals surface area contributed by atoms with E-state index in [1.807, 2.05) is 31.3 Å². The van der Waals surface area contributed by atoms with Crippen molar-refractivity contribution < 1.29 is 9.47 Å². The zero-order chi connectivity index (χ0) is 11.7. The molecule has 5 nitrogen and oxygen atoms in total. The van der Waals surface area contributed by atoms with Gasteiger partial charge < -0.3 is 9.47 Å². The molecule has 0 amide bonds. The van der Waals surface area contributed by atoms with Crippen LogP contribution >= 0.6 is 0 Å². The van der Waals surface area contributed by atoms with E-state index in [1.54, 1.807) is 10.9 Å². The highest BCUT2D eigenvalue weighted by Gasteiger charge is 2.20. The highest BCUT2D eigenvalue weighted by Crippen LogP contribution is 2.23. The van der Waals surface area contributed by atoms with Gasteiger partial charge in [0.1, 0.15) is 0 Å². The molecule has 0 aromatic carbocycles. The monoisotopic (exact) mass is 231 g/mol. The van der Waals surface area contributed by atoms with Gasteiger partial charge in [0, 0.05) is 12.4 Å². The van der Waals surface area contributed by atoms with Crippen molar-refractivity contribution >= 4 is 0 Å². The Kier molecular flexibility index (Phi) is 2.62. The summed E-state index contributed by atoms with van der Waals surface area (Å²) in [4.78, 5) is 4.55. The van der Waals surface area contributed by atoms with Crippen molar-refractivity contribution in [2.45, 2.75) is 13.2 Å². The summed E-state index contributed by atoms with van der Waals surface area (Å²) < 4.78 is 12.6. The van der Waals surface area contributed by atoms with E-state index in [9.17, 15) is 0 Å². The van der Waals surface area contributed by atoms with Gasteiger partial charge in [-0.3, -0.25) is 0 Å². The third kappa shape index (κ3) is 1.94. The summed E-state index contributed by atoms with van der Waals surface area (Å²) in [5, 5.41) is 4.19. The minimum atomic E-state index is -0.343. The fourth-order valence-electron chi connectivity index (χ4n) is 1.82. The molecule has 0 atom stereocenters. The Morgan fingerprint density at radius 2 is 2.12 bits per heavy atom. The number of aryl methyl sites for hydroxylation is 1. The van der Waals surface area contributed by atoms with Crippen molar-refractivity contribution in [3.63, 3.8) is 0 Å². The van der Waals surface area contributed by atoms with Crippen LogP contribution in [0.4, 0.5) is 0 Å². The van der Waals surface area contributed by atoms with E-state index in [4.69, 9.17) is 9.47 Å². The lowest BCUT2D eigenvalue weighted by Crippen LogP contribution is -2.07. The predicted molar refractivity (Wildman–Crippen MR) is 60.7 cm³/mol. The Hall–Kier alpha value is -1.72. The van der Waals surface area contributed by atoms with Crippen molar-refractivity contribution in [1.29, 1.82) is 0 Å². The average Bonchev–Trinajstić information content (AvgIpc) is 3.03. The molecule has 0 radical (unpaired) electrons. The van der Waals surface area contributed by atoms with Crippen molar-refractivity contribution in [2.75, 3.05) is 13.2 Å². The fraction of sp³-hybridized carbons (Fsp3) is 0.333. The van der Waals surface area contributed by atoms with Crippen LogP contribution < -0.4 is 0 Å². The molecule has 1 aliphatic heterocycles. The van der Waals surface area contributed by atoms with Crippen LogP contribution in [0.1, 0.15) is 17.5 Å². The zero-order valence-electron chi connectivity index (χ0n) is 9.54. The molecule has 0 bridgehead atoms. The standard InChI is InChI=1S/C12H13N3O2/c1-9-3-4-10(12-16-7-8-17-12)14-11(9)15-6-2-5-13-15/h2-6,12H,7-8H2,1H3. The molecule has 2 aromatic rings. The molecule has 0 aliphatic carbocycles. The lowest BCUT2D eigenvalue weighted by molar-refractivity contribution is -0.0473. The molecule has 2 aromatic heterocycles. The van der Waals surface area contributed by atoms with Crippen LogP contribution in [0.25, 0.3) is 5.82 Å². The molecule has 3 heterocycles. The Labute approximate surface area is 99.0 Å². The first-order valence-electron chi connectivity index (χ1n) is 5.55. The Morgan fingerprint density at radius 1 is 1.29 bits per heavy atom. The lowest BCUT2D eigenvalue weighted by Gasteiger charge is -2.11. The molecule has 3 rings (SSSR count). The molecule has 1 aliphatic rings. The van der Waals surface area contributed by atoms with E-state index in [-0.39, 0.29) is 6.29 Å². The Morgan fingerprint density at radius 3 is 2.82 bits per heavy atom. The summed E-state index contributed by atoms with van der Waals surface area (Å²) in [6.07, 6.45) is 3.26. The van der Waals surface area contributed by atoms with E-state index in [2.05, 4.69) is 10.1 Å². The van der Waals surface area contributed by atoms with Crippen molar-refractivity contribution in [2.24, 2.45) is 0 Å². The minimum absolute atomic E-state index is 0.343. The first kappa shape index (κ1) is 10.4. The number of hydrogen-bond acceptors (Lipinski definition) is 4. The van der Waals surface area contributed by atoms with E-state index in [0.29, 0.717) is 13.2 Å². The third-order valence-electron chi connectivity index (χ3n) is 2.68. The summed E-state index contributed by atoms with van der Waals surface area (Å²) in [6, 6.07) is 5.80. The summed E-state index contributed by atoms with van der Waals surface area (Å²) >= 11 is 0. The van der Waals surface area contributed by atoms with Crippen LogP contribution in [-0.4, -0.2) is 28.0 Å². The molecule has 0 N–H and O–H groups in total. The largest absolute Gasteiger partial charge is 0.345 e. The minimum Gasteiger partial charge on any atom is -0.345 e. The fourth-order valence-corrected chi connectivity index (χ4v) is 1.82. The molecular formula is C12H13N3O2. The summed E-state index contributed by atoms with van der Waals surface area (Å²) in [5.74, 6) is 0.812. The predicted octanol–water partition coefficient (Wildman–Crippen LogP) is 1.62. The summed E-state index contributed by atoms with van der Waals surface area (Å²) in [7, 11) is 0. The zero-order valence-corrected chi connectivity index (χ0v) is 9.54. The number of rotatable bonds is 2. The van der Waals surface area contributed by atoms with Crippen LogP contribution in [0, 0.1) is 6.92 Å². The Bertz CT molecular complexity index is 504. The quantitative estimate of drug-likeness (QED) is 0.788. The first-order chi connectivity index (χ1) is 8.34. The number of aromatic nitrogens is 3. The average molecular weight is 231 g/mol. The van der Waals surface area contributed by atoms with E-state index < -0.39 is 0 Å². The maximum absolute atomic E-state index is 5.44. The molecule has 5 heteroatoms. The van der Waals surface area contributed by atoms with E-state index in [0.717, 1.165) is 17.1 Å². The van der Waals surface area contributed by atoms with Gasteiger partial charge in [0.15, 0.2) is 5.82 Å². The molecule has 0 spiro atoms. The normalized spacial score (nSPS) is 16.5. The van der Waals surface area contributed by atoms with Gasteiger partial charge in [0.25, 0.3) is 0 Å². The van der Waals surface area contributed by atoms with Crippen molar-refractivity contribution in [3.8, 4) is 5.82 Å². The van der Waals surface area contributed by atoms with E-state index >= 15 is 0 Å². The van der Waals surface area contributed by atoms with Gasteiger partial charge in [0.2, 0.25) is 6.29 Å². The topological polar surface area (TPSA) is 49.2 Å². The van der Waals surface area contributed by atoms with Crippen LogP contribution in [-0.2, 0) is 9.47 Å². The Balaban J connectivity index is 2.00. The molecule has 17 heavy (non-hydrogen) atoms. The molecule has 0 unspecified atom stereocenters. The van der Waals surface area contributed by atoms with Crippen LogP contribution in [0.2, 0.25) is 0 Å². The van der Waals surface area contributed by atoms with Gasteiger partial charge in [-0.15, -0.1) is 0 Å². The van der Waals surface area contributed by atoms with Gasteiger partial charge in [-0.1, -0.05) is 6.07 Å². The van der Waals surface area contributed by atoms with Crippen LogP contribution in [0.3, 0.4) is 0 Å². The van der Waals surface area contributed by atoms with Gasteiger partial charge >= 0.3 is 0 Å². The molecule has 88 valence electrons. The van der Waals surface area contributed by atoms with Crippen LogP contribution in [0.15, 0.2) is 30.6 Å². The molecule has 1 saturated heterocycles. The first-order valence-corrected chi connectivity index (χ1v) is 5.55. The van der Waals surface area contributed by atoms with Gasteiger partial charge in [-0.25, -0.2) is 9.67 Å². The maximum atomic E-state index is 5.44.